The molecule has 0 atom stereocenters. The summed E-state index contributed by atoms with van der Waals surface area (Å²) in [5, 5.41) is 4.35. The van der Waals surface area contributed by atoms with Gasteiger partial charge in [0.25, 0.3) is 0 Å². The summed E-state index contributed by atoms with van der Waals surface area (Å²) in [6.45, 7) is 2.12. The summed E-state index contributed by atoms with van der Waals surface area (Å²) in [7, 11) is 0. The minimum absolute atomic E-state index is 0.950. The zero-order chi connectivity index (χ0) is 18.9. The lowest BCUT2D eigenvalue weighted by Gasteiger charge is -2.09. The van der Waals surface area contributed by atoms with Gasteiger partial charge >= 0.3 is 0 Å². The summed E-state index contributed by atoms with van der Waals surface area (Å²) in [4.78, 5) is 0. The molecule has 0 fully saturated rings. The molecule has 2 nitrogen and oxygen atoms in total. The van der Waals surface area contributed by atoms with E-state index in [2.05, 4.69) is 101 Å². The van der Waals surface area contributed by atoms with Gasteiger partial charge in [-0.2, -0.15) is 0 Å². The van der Waals surface area contributed by atoms with Crippen LogP contribution in [0, 0.1) is 6.92 Å². The quantitative estimate of drug-likeness (QED) is 0.338. The van der Waals surface area contributed by atoms with Gasteiger partial charge in [0.2, 0.25) is 0 Å². The zero-order valence-corrected chi connectivity index (χ0v) is 16.3. The molecule has 3 heteroatoms. The third-order valence-corrected chi connectivity index (χ3v) is 5.78. The zero-order valence-electron chi connectivity index (χ0n) is 15.5. The fraction of sp³-hybridized carbons (Fsp3) is 0.0400. The van der Waals surface area contributed by atoms with E-state index >= 15 is 0 Å². The Morgan fingerprint density at radius 3 is 2.04 bits per heavy atom. The van der Waals surface area contributed by atoms with E-state index in [0.29, 0.717) is 0 Å². The third kappa shape index (κ3) is 3.10. The molecule has 0 aliphatic carbocycles. The highest BCUT2D eigenvalue weighted by Crippen LogP contribution is 2.36. The van der Waals surface area contributed by atoms with Crippen LogP contribution in [-0.2, 0) is 0 Å². The molecule has 5 aromatic rings. The maximum atomic E-state index is 4.35. The molecule has 0 saturated heterocycles. The molecule has 0 aliphatic heterocycles. The third-order valence-electron chi connectivity index (χ3n) is 5.00. The van der Waals surface area contributed by atoms with Crippen LogP contribution in [0.2, 0.25) is 0 Å². The number of aryl methyl sites for hydroxylation is 1. The lowest BCUT2D eigenvalue weighted by molar-refractivity contribution is 1.20. The van der Waals surface area contributed by atoms with Crippen molar-refractivity contribution >= 4 is 21.7 Å². The van der Waals surface area contributed by atoms with Gasteiger partial charge in [0.15, 0.2) is 0 Å². The van der Waals surface area contributed by atoms with Crippen LogP contribution < -0.4 is 0 Å². The topological polar surface area (TPSA) is 25.8 Å². The highest BCUT2D eigenvalue weighted by atomic mass is 32.1. The van der Waals surface area contributed by atoms with Gasteiger partial charge in [0, 0.05) is 5.56 Å². The van der Waals surface area contributed by atoms with Crippen LogP contribution in [0.4, 0.5) is 0 Å². The summed E-state index contributed by atoms with van der Waals surface area (Å²) >= 11 is 1.46. The largest absolute Gasteiger partial charge is 0.138 e. The van der Waals surface area contributed by atoms with Crippen molar-refractivity contribution in [2.24, 2.45) is 0 Å². The molecule has 0 radical (unpaired) electrons. The summed E-state index contributed by atoms with van der Waals surface area (Å²) in [6, 6.07) is 32.2. The van der Waals surface area contributed by atoms with Gasteiger partial charge < -0.3 is 0 Å². The van der Waals surface area contributed by atoms with E-state index < -0.39 is 0 Å². The number of benzene rings is 4. The molecule has 0 saturated carbocycles. The van der Waals surface area contributed by atoms with Gasteiger partial charge in [-0.05, 0) is 58.4 Å². The van der Waals surface area contributed by atoms with Crippen LogP contribution >= 0.6 is 11.5 Å². The number of hydrogen-bond donors (Lipinski definition) is 0. The van der Waals surface area contributed by atoms with E-state index in [1.165, 1.54) is 44.9 Å². The summed E-state index contributed by atoms with van der Waals surface area (Å²) in [5.74, 6) is 0. The van der Waals surface area contributed by atoms with Crippen LogP contribution in [0.25, 0.3) is 43.6 Å². The van der Waals surface area contributed by atoms with Crippen molar-refractivity contribution in [2.45, 2.75) is 6.92 Å². The molecule has 5 rings (SSSR count). The predicted molar refractivity (Wildman–Crippen MR) is 118 cm³/mol. The molecule has 28 heavy (non-hydrogen) atoms. The fourth-order valence-electron chi connectivity index (χ4n) is 3.57. The number of aromatic nitrogens is 2. The second-order valence-corrected chi connectivity index (χ2v) is 7.71. The van der Waals surface area contributed by atoms with Crippen molar-refractivity contribution in [3.8, 4) is 33.4 Å². The molecule has 0 spiro atoms. The first kappa shape index (κ1) is 16.8. The summed E-state index contributed by atoms with van der Waals surface area (Å²) < 4.78 is 5.32. The molecule has 4 aromatic carbocycles. The van der Waals surface area contributed by atoms with Crippen molar-refractivity contribution in [2.75, 3.05) is 0 Å². The number of hydrogen-bond acceptors (Lipinski definition) is 3. The van der Waals surface area contributed by atoms with E-state index in [-0.39, 0.29) is 0 Å². The molecule has 0 unspecified atom stereocenters. The lowest BCUT2D eigenvalue weighted by Crippen LogP contribution is -1.85. The van der Waals surface area contributed by atoms with Crippen molar-refractivity contribution in [1.29, 1.82) is 0 Å². The van der Waals surface area contributed by atoms with Gasteiger partial charge in [-0.15, -0.1) is 5.10 Å². The first-order chi connectivity index (χ1) is 13.8. The molecule has 1 heterocycles. The van der Waals surface area contributed by atoms with Crippen molar-refractivity contribution in [1.82, 2.24) is 9.59 Å². The first-order valence-corrected chi connectivity index (χ1v) is 10.0. The highest BCUT2D eigenvalue weighted by molar-refractivity contribution is 7.13. The average molecular weight is 379 g/mol. The van der Waals surface area contributed by atoms with Crippen molar-refractivity contribution < 1.29 is 0 Å². The minimum atomic E-state index is 0.950. The number of fused-ring (bicyclic) bond motifs is 1. The van der Waals surface area contributed by atoms with E-state index in [1.54, 1.807) is 0 Å². The van der Waals surface area contributed by atoms with Crippen LogP contribution in [0.3, 0.4) is 0 Å². The average Bonchev–Trinajstić information content (AvgIpc) is 3.22. The second kappa shape index (κ2) is 7.02. The molecule has 1 aromatic heterocycles. The second-order valence-electron chi connectivity index (χ2n) is 6.96. The molecule has 0 bridgehead atoms. The van der Waals surface area contributed by atoms with Gasteiger partial charge in [0.1, 0.15) is 5.52 Å². The summed E-state index contributed by atoms with van der Waals surface area (Å²) in [5.41, 5.74) is 9.40. The molecular formula is C25H18N2S. The van der Waals surface area contributed by atoms with Gasteiger partial charge in [-0.25, -0.2) is 0 Å². The Morgan fingerprint density at radius 2 is 1.29 bits per heavy atom. The Balaban J connectivity index is 1.62. The van der Waals surface area contributed by atoms with Crippen LogP contribution in [0.1, 0.15) is 5.56 Å². The Kier molecular flexibility index (Phi) is 4.22. The van der Waals surface area contributed by atoms with Gasteiger partial charge in [-0.3, -0.25) is 0 Å². The van der Waals surface area contributed by atoms with Crippen LogP contribution in [0.15, 0.2) is 91.0 Å². The summed E-state index contributed by atoms with van der Waals surface area (Å²) in [6.07, 6.45) is 0. The number of rotatable bonds is 3. The Hall–Kier alpha value is -3.30. The monoisotopic (exact) mass is 378 g/mol. The van der Waals surface area contributed by atoms with Crippen LogP contribution in [0.5, 0.6) is 0 Å². The predicted octanol–water partition coefficient (Wildman–Crippen LogP) is 7.00. The minimum Gasteiger partial charge on any atom is -0.138 e. The molecule has 0 N–H and O–H groups in total. The smallest absolute Gasteiger partial charge is 0.107 e. The molecule has 0 aliphatic rings. The normalized spacial score (nSPS) is 11.0. The van der Waals surface area contributed by atoms with Crippen molar-refractivity contribution in [3.63, 3.8) is 0 Å². The van der Waals surface area contributed by atoms with Gasteiger partial charge in [-0.1, -0.05) is 88.9 Å². The Bertz CT molecular complexity index is 1250. The number of nitrogens with zero attached hydrogens (tertiary/aromatic N) is 2. The van der Waals surface area contributed by atoms with E-state index in [0.717, 1.165) is 15.8 Å². The lowest BCUT2D eigenvalue weighted by atomic mass is 9.96. The molecule has 134 valence electrons. The van der Waals surface area contributed by atoms with E-state index in [9.17, 15) is 0 Å². The van der Waals surface area contributed by atoms with E-state index in [1.807, 2.05) is 6.07 Å². The first-order valence-electron chi connectivity index (χ1n) is 9.27. The molecular weight excluding hydrogens is 360 g/mol. The maximum Gasteiger partial charge on any atom is 0.107 e. The highest BCUT2D eigenvalue weighted by Gasteiger charge is 2.11. The van der Waals surface area contributed by atoms with Gasteiger partial charge in [0.05, 0.1) is 4.70 Å². The molecule has 0 amide bonds. The standard InChI is InChI=1S/C25H18N2S/c1-17-6-5-9-21(14-17)23-15-22(16-24-25(23)28-27-26-24)20-12-10-19(11-13-20)18-7-3-2-4-8-18/h2-16H,1H3. The van der Waals surface area contributed by atoms with Crippen LogP contribution in [-0.4, -0.2) is 9.59 Å². The van der Waals surface area contributed by atoms with Crippen molar-refractivity contribution in [3.05, 3.63) is 96.6 Å². The Morgan fingerprint density at radius 1 is 0.607 bits per heavy atom. The fourth-order valence-corrected chi connectivity index (χ4v) is 4.25. The maximum absolute atomic E-state index is 4.35. The Labute approximate surface area is 168 Å². The SMILES string of the molecule is Cc1cccc(-c2cc(-c3ccc(-c4ccccc4)cc3)cc3nnsc23)c1. The van der Waals surface area contributed by atoms with E-state index in [4.69, 9.17) is 0 Å².